The number of Topliss-reactive ketones (excluding diaryl/α,β-unsaturated/α-hetero) is 1. The topological polar surface area (TPSA) is 26.3 Å². The number of hydrogen-bond donors (Lipinski definition) is 0. The summed E-state index contributed by atoms with van der Waals surface area (Å²) in [5.41, 5.74) is 3.00. The molecule has 2 aromatic carbocycles. The summed E-state index contributed by atoms with van der Waals surface area (Å²) in [5.74, 6) is 0.991. The van der Waals surface area contributed by atoms with Gasteiger partial charge >= 0.3 is 0 Å². The number of carbonyl (C=O) groups excluding carboxylic acids is 1. The van der Waals surface area contributed by atoms with E-state index >= 15 is 0 Å². The van der Waals surface area contributed by atoms with Crippen molar-refractivity contribution in [1.29, 1.82) is 0 Å². The van der Waals surface area contributed by atoms with E-state index in [1.54, 1.807) is 14.0 Å². The first kappa shape index (κ1) is 11.6. The molecule has 0 aliphatic rings. The molecule has 0 atom stereocenters. The Balaban J connectivity index is 2.80. The van der Waals surface area contributed by atoms with Crippen molar-refractivity contribution >= 4 is 16.6 Å². The van der Waals surface area contributed by atoms with Crippen molar-refractivity contribution in [1.82, 2.24) is 0 Å². The van der Waals surface area contributed by atoms with Crippen LogP contribution in [0.4, 0.5) is 0 Å². The molecule has 2 heteroatoms. The van der Waals surface area contributed by atoms with E-state index in [4.69, 9.17) is 4.74 Å². The van der Waals surface area contributed by atoms with Gasteiger partial charge in [0.15, 0.2) is 5.78 Å². The van der Waals surface area contributed by atoms with Crippen LogP contribution in [0.25, 0.3) is 10.8 Å². The predicted molar refractivity (Wildman–Crippen MR) is 70.0 cm³/mol. The molecule has 0 heterocycles. The number of benzene rings is 2. The molecule has 0 aromatic heterocycles. The summed E-state index contributed by atoms with van der Waals surface area (Å²) in [6.07, 6.45) is 0. The SMILES string of the molecule is COc1cc(C)c2cc(C(C)=O)ccc2c1C. The minimum Gasteiger partial charge on any atom is -0.496 e. The Hall–Kier alpha value is -1.83. The van der Waals surface area contributed by atoms with Crippen LogP contribution in [0.3, 0.4) is 0 Å². The molecule has 2 nitrogen and oxygen atoms in total. The zero-order chi connectivity index (χ0) is 12.6. The Bertz CT molecular complexity index is 597. The van der Waals surface area contributed by atoms with Crippen LogP contribution in [0.1, 0.15) is 28.4 Å². The van der Waals surface area contributed by atoms with E-state index in [1.807, 2.05) is 38.1 Å². The number of rotatable bonds is 2. The average Bonchev–Trinajstić information content (AvgIpc) is 2.33. The second kappa shape index (κ2) is 4.21. The van der Waals surface area contributed by atoms with Crippen LogP contribution in [0.5, 0.6) is 5.75 Å². The molecular formula is C15H16O2. The highest BCUT2D eigenvalue weighted by Gasteiger charge is 2.09. The monoisotopic (exact) mass is 228 g/mol. The molecule has 0 aliphatic carbocycles. The fourth-order valence-electron chi connectivity index (χ4n) is 2.14. The second-order valence-electron chi connectivity index (χ2n) is 4.34. The number of carbonyl (C=O) groups is 1. The minimum atomic E-state index is 0.0970. The van der Waals surface area contributed by atoms with Gasteiger partial charge in [-0.25, -0.2) is 0 Å². The maximum Gasteiger partial charge on any atom is 0.159 e. The third-order valence-corrected chi connectivity index (χ3v) is 3.19. The molecular weight excluding hydrogens is 212 g/mol. The van der Waals surface area contributed by atoms with Crippen molar-refractivity contribution in [3.63, 3.8) is 0 Å². The van der Waals surface area contributed by atoms with Gasteiger partial charge in [-0.3, -0.25) is 4.79 Å². The van der Waals surface area contributed by atoms with Crippen LogP contribution < -0.4 is 4.74 Å². The van der Waals surface area contributed by atoms with Gasteiger partial charge in [-0.2, -0.15) is 0 Å². The van der Waals surface area contributed by atoms with Crippen LogP contribution in [0.15, 0.2) is 24.3 Å². The molecule has 0 radical (unpaired) electrons. The summed E-state index contributed by atoms with van der Waals surface area (Å²) >= 11 is 0. The fraction of sp³-hybridized carbons (Fsp3) is 0.267. The molecule has 0 aliphatic heterocycles. The van der Waals surface area contributed by atoms with Gasteiger partial charge in [0, 0.05) is 5.56 Å². The van der Waals surface area contributed by atoms with E-state index in [0.29, 0.717) is 0 Å². The summed E-state index contributed by atoms with van der Waals surface area (Å²) in [6.45, 7) is 5.66. The lowest BCUT2D eigenvalue weighted by Crippen LogP contribution is -1.95. The summed E-state index contributed by atoms with van der Waals surface area (Å²) in [6, 6.07) is 7.84. The van der Waals surface area contributed by atoms with E-state index in [2.05, 4.69) is 0 Å². The minimum absolute atomic E-state index is 0.0970. The first-order valence-electron chi connectivity index (χ1n) is 5.63. The van der Waals surface area contributed by atoms with Crippen LogP contribution in [0, 0.1) is 13.8 Å². The molecule has 0 fully saturated rings. The lowest BCUT2D eigenvalue weighted by molar-refractivity contribution is 0.101. The summed E-state index contributed by atoms with van der Waals surface area (Å²) in [4.78, 5) is 11.4. The van der Waals surface area contributed by atoms with E-state index in [9.17, 15) is 4.79 Å². The third kappa shape index (κ3) is 1.91. The average molecular weight is 228 g/mol. The lowest BCUT2D eigenvalue weighted by Gasteiger charge is -2.11. The number of ether oxygens (including phenoxy) is 1. The zero-order valence-electron chi connectivity index (χ0n) is 10.6. The Morgan fingerprint density at radius 1 is 1.12 bits per heavy atom. The van der Waals surface area contributed by atoms with Crippen LogP contribution in [-0.4, -0.2) is 12.9 Å². The smallest absolute Gasteiger partial charge is 0.159 e. The molecule has 0 spiro atoms. The van der Waals surface area contributed by atoms with E-state index in [1.165, 1.54) is 0 Å². The van der Waals surface area contributed by atoms with Crippen LogP contribution >= 0.6 is 0 Å². The molecule has 0 saturated carbocycles. The molecule has 0 bridgehead atoms. The number of hydrogen-bond acceptors (Lipinski definition) is 2. The number of fused-ring (bicyclic) bond motifs is 1. The molecule has 88 valence electrons. The van der Waals surface area contributed by atoms with Gasteiger partial charge in [0.1, 0.15) is 5.75 Å². The highest BCUT2D eigenvalue weighted by molar-refractivity contribution is 6.00. The second-order valence-corrected chi connectivity index (χ2v) is 4.34. The summed E-state index contributed by atoms with van der Waals surface area (Å²) < 4.78 is 5.34. The number of methoxy groups -OCH3 is 1. The van der Waals surface area contributed by atoms with Crippen molar-refractivity contribution in [2.24, 2.45) is 0 Å². The van der Waals surface area contributed by atoms with E-state index < -0.39 is 0 Å². The third-order valence-electron chi connectivity index (χ3n) is 3.19. The van der Waals surface area contributed by atoms with Gasteiger partial charge in [-0.15, -0.1) is 0 Å². The first-order chi connectivity index (χ1) is 8.04. The summed E-state index contributed by atoms with van der Waals surface area (Å²) in [5, 5.41) is 2.27. The maximum absolute atomic E-state index is 11.4. The number of ketones is 1. The molecule has 0 unspecified atom stereocenters. The van der Waals surface area contributed by atoms with Gasteiger partial charge in [-0.1, -0.05) is 12.1 Å². The first-order valence-corrected chi connectivity index (χ1v) is 5.63. The summed E-state index contributed by atoms with van der Waals surface area (Å²) in [7, 11) is 1.68. The largest absolute Gasteiger partial charge is 0.496 e. The molecule has 0 N–H and O–H groups in total. The fourth-order valence-corrected chi connectivity index (χ4v) is 2.14. The molecule has 2 rings (SSSR count). The van der Waals surface area contributed by atoms with Crippen molar-refractivity contribution < 1.29 is 9.53 Å². The van der Waals surface area contributed by atoms with Crippen molar-refractivity contribution in [2.75, 3.05) is 7.11 Å². The highest BCUT2D eigenvalue weighted by Crippen LogP contribution is 2.30. The van der Waals surface area contributed by atoms with Crippen LogP contribution in [0.2, 0.25) is 0 Å². The Labute approximate surface area is 101 Å². The lowest BCUT2D eigenvalue weighted by atomic mass is 9.97. The van der Waals surface area contributed by atoms with Crippen molar-refractivity contribution in [3.8, 4) is 5.75 Å². The van der Waals surface area contributed by atoms with Gasteiger partial charge < -0.3 is 4.74 Å². The Morgan fingerprint density at radius 2 is 1.82 bits per heavy atom. The predicted octanol–water partition coefficient (Wildman–Crippen LogP) is 3.67. The zero-order valence-corrected chi connectivity index (χ0v) is 10.6. The highest BCUT2D eigenvalue weighted by atomic mass is 16.5. The molecule has 17 heavy (non-hydrogen) atoms. The van der Waals surface area contributed by atoms with Crippen molar-refractivity contribution in [3.05, 3.63) is 41.0 Å². The molecule has 0 amide bonds. The normalized spacial score (nSPS) is 10.6. The van der Waals surface area contributed by atoms with E-state index in [0.717, 1.165) is 33.2 Å². The van der Waals surface area contributed by atoms with Crippen LogP contribution in [-0.2, 0) is 0 Å². The van der Waals surface area contributed by atoms with Gasteiger partial charge in [0.2, 0.25) is 0 Å². The Kier molecular flexibility index (Phi) is 2.88. The Morgan fingerprint density at radius 3 is 2.41 bits per heavy atom. The molecule has 2 aromatic rings. The number of aryl methyl sites for hydroxylation is 2. The van der Waals surface area contributed by atoms with Gasteiger partial charge in [0.25, 0.3) is 0 Å². The van der Waals surface area contributed by atoms with Crippen molar-refractivity contribution in [2.45, 2.75) is 20.8 Å². The van der Waals surface area contributed by atoms with Gasteiger partial charge in [-0.05, 0) is 54.8 Å². The quantitative estimate of drug-likeness (QED) is 0.733. The van der Waals surface area contributed by atoms with Gasteiger partial charge in [0.05, 0.1) is 7.11 Å². The van der Waals surface area contributed by atoms with E-state index in [-0.39, 0.29) is 5.78 Å². The maximum atomic E-state index is 11.4. The standard InChI is InChI=1S/C15H16O2/c1-9-7-15(17-4)10(2)13-6-5-12(11(3)16)8-14(9)13/h5-8H,1-4H3. The molecule has 0 saturated heterocycles.